The van der Waals surface area contributed by atoms with Gasteiger partial charge >= 0.3 is 5.97 Å². The standard InChI is InChI=1S/C11H14O3/c1-2-3-8-14-10-7-5-4-6-9(10)11(12)13/h4-7H,2-3,8H2,1H3,(H,12,13). The van der Waals surface area contributed by atoms with Crippen molar-refractivity contribution in [3.05, 3.63) is 29.8 Å². The van der Waals surface area contributed by atoms with Crippen LogP contribution < -0.4 is 4.74 Å². The van der Waals surface area contributed by atoms with Gasteiger partial charge < -0.3 is 9.84 Å². The van der Waals surface area contributed by atoms with Crippen LogP contribution in [0.2, 0.25) is 0 Å². The van der Waals surface area contributed by atoms with Crippen molar-refractivity contribution in [2.75, 3.05) is 6.61 Å². The quantitative estimate of drug-likeness (QED) is 0.733. The van der Waals surface area contributed by atoms with Crippen molar-refractivity contribution in [1.82, 2.24) is 0 Å². The van der Waals surface area contributed by atoms with Crippen LogP contribution in [0, 0.1) is 0 Å². The summed E-state index contributed by atoms with van der Waals surface area (Å²) < 4.78 is 5.36. The number of benzene rings is 1. The lowest BCUT2D eigenvalue weighted by molar-refractivity contribution is 0.0692. The normalized spacial score (nSPS) is 9.79. The van der Waals surface area contributed by atoms with E-state index in [1.807, 2.05) is 0 Å². The molecule has 0 fully saturated rings. The molecule has 0 aliphatic heterocycles. The summed E-state index contributed by atoms with van der Waals surface area (Å²) in [5, 5.41) is 8.84. The maximum atomic E-state index is 10.8. The molecule has 1 aromatic carbocycles. The third-order valence-corrected chi connectivity index (χ3v) is 1.87. The van der Waals surface area contributed by atoms with Gasteiger partial charge in [0.25, 0.3) is 0 Å². The van der Waals surface area contributed by atoms with Crippen molar-refractivity contribution in [2.24, 2.45) is 0 Å². The van der Waals surface area contributed by atoms with Crippen LogP contribution in [0.5, 0.6) is 5.75 Å². The molecular formula is C11H14O3. The number of hydrogen-bond acceptors (Lipinski definition) is 2. The molecule has 14 heavy (non-hydrogen) atoms. The average Bonchev–Trinajstić information content (AvgIpc) is 2.19. The van der Waals surface area contributed by atoms with E-state index in [4.69, 9.17) is 9.84 Å². The molecule has 0 saturated carbocycles. The van der Waals surface area contributed by atoms with Crippen molar-refractivity contribution < 1.29 is 14.6 Å². The number of carboxylic acids is 1. The first kappa shape index (κ1) is 10.6. The molecule has 1 aromatic rings. The Balaban J connectivity index is 2.69. The molecule has 1 rings (SSSR count). The topological polar surface area (TPSA) is 46.5 Å². The van der Waals surface area contributed by atoms with Gasteiger partial charge in [0.1, 0.15) is 11.3 Å². The molecule has 0 bridgehead atoms. The van der Waals surface area contributed by atoms with Gasteiger partial charge in [-0.3, -0.25) is 0 Å². The highest BCUT2D eigenvalue weighted by atomic mass is 16.5. The van der Waals surface area contributed by atoms with E-state index in [0.29, 0.717) is 12.4 Å². The highest BCUT2D eigenvalue weighted by molar-refractivity contribution is 5.90. The fourth-order valence-electron chi connectivity index (χ4n) is 1.10. The first-order valence-corrected chi connectivity index (χ1v) is 4.70. The minimum Gasteiger partial charge on any atom is -0.493 e. The first-order valence-electron chi connectivity index (χ1n) is 4.70. The number of carbonyl (C=O) groups is 1. The highest BCUT2D eigenvalue weighted by Gasteiger charge is 2.09. The summed E-state index contributed by atoms with van der Waals surface area (Å²) >= 11 is 0. The third-order valence-electron chi connectivity index (χ3n) is 1.87. The van der Waals surface area contributed by atoms with Crippen LogP contribution in [0.15, 0.2) is 24.3 Å². The Morgan fingerprint density at radius 3 is 2.79 bits per heavy atom. The van der Waals surface area contributed by atoms with Crippen molar-refractivity contribution in [2.45, 2.75) is 19.8 Å². The Labute approximate surface area is 83.3 Å². The number of carboxylic acid groups (broad SMARTS) is 1. The van der Waals surface area contributed by atoms with Crippen molar-refractivity contribution in [1.29, 1.82) is 0 Å². The summed E-state index contributed by atoms with van der Waals surface area (Å²) in [5.74, 6) is -0.495. The van der Waals surface area contributed by atoms with Gasteiger partial charge in [-0.15, -0.1) is 0 Å². The summed E-state index contributed by atoms with van der Waals surface area (Å²) in [5.41, 5.74) is 0.226. The molecule has 0 aliphatic carbocycles. The SMILES string of the molecule is CCCCOc1ccccc1C(=O)O. The van der Waals surface area contributed by atoms with Crippen LogP contribution in [0.3, 0.4) is 0 Å². The van der Waals surface area contributed by atoms with Gasteiger partial charge in [-0.05, 0) is 18.6 Å². The van der Waals surface area contributed by atoms with Crippen LogP contribution >= 0.6 is 0 Å². The van der Waals surface area contributed by atoms with E-state index in [9.17, 15) is 4.79 Å². The zero-order valence-corrected chi connectivity index (χ0v) is 8.19. The Hall–Kier alpha value is -1.51. The average molecular weight is 194 g/mol. The molecule has 1 N–H and O–H groups in total. The van der Waals surface area contributed by atoms with E-state index in [-0.39, 0.29) is 5.56 Å². The molecule has 0 amide bonds. The molecule has 0 aromatic heterocycles. The number of aromatic carboxylic acids is 1. The minimum atomic E-state index is -0.947. The molecule has 3 heteroatoms. The molecule has 0 aliphatic rings. The van der Waals surface area contributed by atoms with Crippen LogP contribution in [-0.4, -0.2) is 17.7 Å². The molecule has 0 heterocycles. The number of unbranched alkanes of at least 4 members (excludes halogenated alkanes) is 1. The molecule has 0 saturated heterocycles. The van der Waals surface area contributed by atoms with E-state index >= 15 is 0 Å². The summed E-state index contributed by atoms with van der Waals surface area (Å²) in [6, 6.07) is 6.69. The Bertz CT molecular complexity index is 307. The van der Waals surface area contributed by atoms with E-state index in [1.54, 1.807) is 24.3 Å². The predicted octanol–water partition coefficient (Wildman–Crippen LogP) is 2.56. The smallest absolute Gasteiger partial charge is 0.339 e. The predicted molar refractivity (Wildman–Crippen MR) is 53.8 cm³/mol. The Morgan fingerprint density at radius 2 is 2.14 bits per heavy atom. The second-order valence-corrected chi connectivity index (χ2v) is 3.00. The fraction of sp³-hybridized carbons (Fsp3) is 0.364. The monoisotopic (exact) mass is 194 g/mol. The lowest BCUT2D eigenvalue weighted by Crippen LogP contribution is -2.03. The van der Waals surface area contributed by atoms with E-state index in [1.165, 1.54) is 0 Å². The van der Waals surface area contributed by atoms with Crippen molar-refractivity contribution in [3.8, 4) is 5.75 Å². The largest absolute Gasteiger partial charge is 0.493 e. The summed E-state index contributed by atoms with van der Waals surface area (Å²) in [6.07, 6.45) is 1.98. The van der Waals surface area contributed by atoms with E-state index in [0.717, 1.165) is 12.8 Å². The molecule has 0 spiro atoms. The second-order valence-electron chi connectivity index (χ2n) is 3.00. The second kappa shape index (κ2) is 5.27. The lowest BCUT2D eigenvalue weighted by Gasteiger charge is -2.07. The van der Waals surface area contributed by atoms with E-state index < -0.39 is 5.97 Å². The van der Waals surface area contributed by atoms with Crippen molar-refractivity contribution in [3.63, 3.8) is 0 Å². The van der Waals surface area contributed by atoms with Gasteiger partial charge in [-0.1, -0.05) is 25.5 Å². The summed E-state index contributed by atoms with van der Waals surface area (Å²) in [4.78, 5) is 10.8. The summed E-state index contributed by atoms with van der Waals surface area (Å²) in [6.45, 7) is 2.63. The number of rotatable bonds is 5. The first-order chi connectivity index (χ1) is 6.75. The van der Waals surface area contributed by atoms with Crippen LogP contribution in [0.4, 0.5) is 0 Å². The summed E-state index contributed by atoms with van der Waals surface area (Å²) in [7, 11) is 0. The molecule has 0 radical (unpaired) electrons. The van der Waals surface area contributed by atoms with Crippen LogP contribution in [-0.2, 0) is 0 Å². The number of para-hydroxylation sites is 1. The maximum Gasteiger partial charge on any atom is 0.339 e. The highest BCUT2D eigenvalue weighted by Crippen LogP contribution is 2.17. The van der Waals surface area contributed by atoms with Gasteiger partial charge in [0, 0.05) is 0 Å². The molecule has 76 valence electrons. The fourth-order valence-corrected chi connectivity index (χ4v) is 1.10. The van der Waals surface area contributed by atoms with Gasteiger partial charge in [0.2, 0.25) is 0 Å². The van der Waals surface area contributed by atoms with Crippen LogP contribution in [0.25, 0.3) is 0 Å². The third kappa shape index (κ3) is 2.76. The molecule has 0 unspecified atom stereocenters. The van der Waals surface area contributed by atoms with Crippen molar-refractivity contribution >= 4 is 5.97 Å². The van der Waals surface area contributed by atoms with Gasteiger partial charge in [-0.2, -0.15) is 0 Å². The van der Waals surface area contributed by atoms with Crippen LogP contribution in [0.1, 0.15) is 30.1 Å². The number of hydrogen-bond donors (Lipinski definition) is 1. The number of ether oxygens (including phenoxy) is 1. The molecular weight excluding hydrogens is 180 g/mol. The zero-order chi connectivity index (χ0) is 10.4. The molecule has 0 atom stereocenters. The van der Waals surface area contributed by atoms with Gasteiger partial charge in [0.05, 0.1) is 6.61 Å². The Kier molecular flexibility index (Phi) is 3.98. The molecule has 3 nitrogen and oxygen atoms in total. The maximum absolute atomic E-state index is 10.8. The Morgan fingerprint density at radius 1 is 1.43 bits per heavy atom. The lowest BCUT2D eigenvalue weighted by atomic mass is 10.2. The van der Waals surface area contributed by atoms with Gasteiger partial charge in [0.15, 0.2) is 0 Å². The van der Waals surface area contributed by atoms with Gasteiger partial charge in [-0.25, -0.2) is 4.79 Å². The minimum absolute atomic E-state index is 0.226. The zero-order valence-electron chi connectivity index (χ0n) is 8.19. The van der Waals surface area contributed by atoms with E-state index in [2.05, 4.69) is 6.92 Å².